The summed E-state index contributed by atoms with van der Waals surface area (Å²) in [4.78, 5) is 23.6. The number of carboxylic acids is 1. The van der Waals surface area contributed by atoms with E-state index in [0.717, 1.165) is 30.4 Å². The van der Waals surface area contributed by atoms with Crippen molar-refractivity contribution in [2.24, 2.45) is 11.8 Å². The highest BCUT2D eigenvalue weighted by Gasteiger charge is 2.31. The molecule has 3 rings (SSSR count). The first-order chi connectivity index (χ1) is 12.4. The molecular weight excluding hydrogens is 344 g/mol. The van der Waals surface area contributed by atoms with Crippen LogP contribution in [0.4, 0.5) is 8.78 Å². The van der Waals surface area contributed by atoms with Crippen LogP contribution in [0, 0.1) is 11.8 Å². The summed E-state index contributed by atoms with van der Waals surface area (Å²) in [6, 6.07) is 4.74. The Morgan fingerprint density at radius 3 is 2.46 bits per heavy atom. The molecular formula is C19H23F2NO4. The average molecular weight is 367 g/mol. The molecule has 0 bridgehead atoms. The summed E-state index contributed by atoms with van der Waals surface area (Å²) < 4.78 is 29.2. The third-order valence-electron chi connectivity index (χ3n) is 5.42. The molecule has 1 unspecified atom stereocenters. The minimum atomic E-state index is -2.85. The van der Waals surface area contributed by atoms with Crippen LogP contribution in [-0.4, -0.2) is 23.6 Å². The number of halogens is 2. The molecule has 0 spiro atoms. The molecule has 0 aromatic heterocycles. The lowest BCUT2D eigenvalue weighted by atomic mass is 9.81. The second kappa shape index (κ2) is 8.01. The van der Waals surface area contributed by atoms with Gasteiger partial charge < -0.3 is 15.2 Å². The molecule has 1 atom stereocenters. The van der Waals surface area contributed by atoms with E-state index in [1.165, 1.54) is 6.07 Å². The molecule has 142 valence electrons. The molecule has 1 aromatic rings. The number of aliphatic carboxylic acids is 1. The minimum Gasteiger partial charge on any atom is -0.481 e. The fourth-order valence-electron chi connectivity index (χ4n) is 4.01. The van der Waals surface area contributed by atoms with Crippen LogP contribution in [0.15, 0.2) is 18.2 Å². The normalized spacial score (nSPS) is 25.4. The number of rotatable bonds is 5. The predicted octanol–water partition coefficient (Wildman–Crippen LogP) is 3.67. The van der Waals surface area contributed by atoms with Gasteiger partial charge in [-0.2, -0.15) is 8.78 Å². The first-order valence-electron chi connectivity index (χ1n) is 9.05. The maximum absolute atomic E-state index is 12.6. The minimum absolute atomic E-state index is 0.0420. The zero-order valence-corrected chi connectivity index (χ0v) is 14.4. The number of ether oxygens (including phenoxy) is 1. The fraction of sp³-hybridized carbons (Fsp3) is 0.579. The van der Waals surface area contributed by atoms with Gasteiger partial charge in [-0.15, -0.1) is 0 Å². The second-order valence-corrected chi connectivity index (χ2v) is 7.08. The quantitative estimate of drug-likeness (QED) is 0.833. The Kier molecular flexibility index (Phi) is 5.74. The SMILES string of the molecule is O=C(O)C1CCC(C(=O)NC2CCCc3cc(OC(F)F)ccc32)CC1. The van der Waals surface area contributed by atoms with Gasteiger partial charge in [0.05, 0.1) is 12.0 Å². The number of carbonyl (C=O) groups is 2. The number of aryl methyl sites for hydroxylation is 1. The lowest BCUT2D eigenvalue weighted by molar-refractivity contribution is -0.144. The van der Waals surface area contributed by atoms with Crippen LogP contribution in [-0.2, 0) is 16.0 Å². The molecule has 2 aliphatic carbocycles. The van der Waals surface area contributed by atoms with Gasteiger partial charge in [-0.1, -0.05) is 6.07 Å². The molecule has 1 amide bonds. The van der Waals surface area contributed by atoms with Gasteiger partial charge in [0.25, 0.3) is 0 Å². The van der Waals surface area contributed by atoms with Gasteiger partial charge in [-0.05, 0) is 68.2 Å². The molecule has 0 radical (unpaired) electrons. The van der Waals surface area contributed by atoms with Crippen LogP contribution in [0.25, 0.3) is 0 Å². The Morgan fingerprint density at radius 1 is 1.12 bits per heavy atom. The van der Waals surface area contributed by atoms with Gasteiger partial charge >= 0.3 is 12.6 Å². The number of benzene rings is 1. The van der Waals surface area contributed by atoms with E-state index in [9.17, 15) is 18.4 Å². The van der Waals surface area contributed by atoms with Gasteiger partial charge in [-0.25, -0.2) is 0 Å². The van der Waals surface area contributed by atoms with Crippen molar-refractivity contribution in [3.05, 3.63) is 29.3 Å². The molecule has 7 heteroatoms. The Labute approximate surface area is 150 Å². The van der Waals surface area contributed by atoms with Gasteiger partial charge in [0, 0.05) is 5.92 Å². The molecule has 5 nitrogen and oxygen atoms in total. The highest BCUT2D eigenvalue weighted by Crippen LogP contribution is 2.34. The number of carboxylic acid groups (broad SMARTS) is 1. The van der Waals surface area contributed by atoms with E-state index < -0.39 is 12.6 Å². The summed E-state index contributed by atoms with van der Waals surface area (Å²) in [5.74, 6) is -1.19. The zero-order chi connectivity index (χ0) is 18.7. The lowest BCUT2D eigenvalue weighted by Gasteiger charge is -2.30. The van der Waals surface area contributed by atoms with Crippen molar-refractivity contribution in [1.29, 1.82) is 0 Å². The van der Waals surface area contributed by atoms with Crippen LogP contribution in [0.2, 0.25) is 0 Å². The fourth-order valence-corrected chi connectivity index (χ4v) is 4.01. The van der Waals surface area contributed by atoms with E-state index >= 15 is 0 Å². The topological polar surface area (TPSA) is 75.6 Å². The Balaban J connectivity index is 1.63. The zero-order valence-electron chi connectivity index (χ0n) is 14.4. The Morgan fingerprint density at radius 2 is 1.81 bits per heavy atom. The number of amides is 1. The van der Waals surface area contributed by atoms with Crippen LogP contribution < -0.4 is 10.1 Å². The summed E-state index contributed by atoms with van der Waals surface area (Å²) in [5, 5.41) is 12.1. The number of nitrogens with one attached hydrogen (secondary N) is 1. The largest absolute Gasteiger partial charge is 0.481 e. The number of alkyl halides is 2. The van der Waals surface area contributed by atoms with E-state index in [2.05, 4.69) is 10.1 Å². The van der Waals surface area contributed by atoms with E-state index in [1.807, 2.05) is 0 Å². The molecule has 1 fully saturated rings. The van der Waals surface area contributed by atoms with Crippen molar-refractivity contribution in [2.75, 3.05) is 0 Å². The van der Waals surface area contributed by atoms with E-state index in [0.29, 0.717) is 25.7 Å². The van der Waals surface area contributed by atoms with Gasteiger partial charge in [0.1, 0.15) is 5.75 Å². The average Bonchev–Trinajstić information content (AvgIpc) is 2.61. The van der Waals surface area contributed by atoms with Crippen molar-refractivity contribution in [2.45, 2.75) is 57.6 Å². The summed E-state index contributed by atoms with van der Waals surface area (Å²) >= 11 is 0. The molecule has 1 saturated carbocycles. The highest BCUT2D eigenvalue weighted by atomic mass is 19.3. The van der Waals surface area contributed by atoms with Crippen molar-refractivity contribution in [3.8, 4) is 5.75 Å². The molecule has 26 heavy (non-hydrogen) atoms. The Hall–Kier alpha value is -2.18. The van der Waals surface area contributed by atoms with Crippen LogP contribution >= 0.6 is 0 Å². The molecule has 2 aliphatic rings. The van der Waals surface area contributed by atoms with E-state index in [1.54, 1.807) is 12.1 Å². The summed E-state index contributed by atoms with van der Waals surface area (Å²) in [6.07, 6.45) is 4.67. The van der Waals surface area contributed by atoms with Gasteiger partial charge in [0.15, 0.2) is 0 Å². The van der Waals surface area contributed by atoms with Crippen molar-refractivity contribution in [1.82, 2.24) is 5.32 Å². The first kappa shape index (κ1) is 18.6. The third-order valence-corrected chi connectivity index (χ3v) is 5.42. The standard InChI is InChI=1S/C19H23F2NO4/c20-19(21)26-14-8-9-15-13(10-14)2-1-3-16(15)22-17(23)11-4-6-12(7-5-11)18(24)25/h8-12,16,19H,1-7H2,(H,22,23)(H,24,25). The van der Waals surface area contributed by atoms with Crippen molar-refractivity contribution in [3.63, 3.8) is 0 Å². The molecule has 0 saturated heterocycles. The lowest BCUT2D eigenvalue weighted by Crippen LogP contribution is -2.37. The van der Waals surface area contributed by atoms with Crippen molar-refractivity contribution < 1.29 is 28.2 Å². The van der Waals surface area contributed by atoms with Gasteiger partial charge in [0.2, 0.25) is 5.91 Å². The Bertz CT molecular complexity index is 672. The smallest absolute Gasteiger partial charge is 0.387 e. The number of hydrogen-bond donors (Lipinski definition) is 2. The van der Waals surface area contributed by atoms with E-state index in [4.69, 9.17) is 5.11 Å². The van der Waals surface area contributed by atoms with Crippen LogP contribution in [0.1, 0.15) is 55.7 Å². The molecule has 1 aromatic carbocycles. The van der Waals surface area contributed by atoms with Crippen LogP contribution in [0.5, 0.6) is 5.75 Å². The number of fused-ring (bicyclic) bond motifs is 1. The summed E-state index contributed by atoms with van der Waals surface area (Å²) in [7, 11) is 0. The van der Waals surface area contributed by atoms with Crippen molar-refractivity contribution >= 4 is 11.9 Å². The highest BCUT2D eigenvalue weighted by molar-refractivity contribution is 5.80. The van der Waals surface area contributed by atoms with Gasteiger partial charge in [-0.3, -0.25) is 9.59 Å². The maximum Gasteiger partial charge on any atom is 0.387 e. The van der Waals surface area contributed by atoms with Crippen LogP contribution in [0.3, 0.4) is 0 Å². The second-order valence-electron chi connectivity index (χ2n) is 7.08. The molecule has 0 aliphatic heterocycles. The predicted molar refractivity (Wildman–Crippen MR) is 90.0 cm³/mol. The third kappa shape index (κ3) is 4.31. The van der Waals surface area contributed by atoms with E-state index in [-0.39, 0.29) is 29.5 Å². The number of hydrogen-bond acceptors (Lipinski definition) is 3. The monoisotopic (exact) mass is 367 g/mol. The molecule has 0 heterocycles. The summed E-state index contributed by atoms with van der Waals surface area (Å²) in [6.45, 7) is -2.85. The first-order valence-corrected chi connectivity index (χ1v) is 9.05. The molecule has 2 N–H and O–H groups in total. The maximum atomic E-state index is 12.6. The number of carbonyl (C=O) groups excluding carboxylic acids is 1. The summed E-state index contributed by atoms with van der Waals surface area (Å²) in [5.41, 5.74) is 1.87.